The number of cyclic esters (lactones) is 1. The molecule has 0 amide bonds. The van der Waals surface area contributed by atoms with Gasteiger partial charge in [0.25, 0.3) is 0 Å². The van der Waals surface area contributed by atoms with E-state index in [0.29, 0.717) is 24.2 Å². The summed E-state index contributed by atoms with van der Waals surface area (Å²) in [4.78, 5) is 23.9. The molecule has 2 heterocycles. The molecule has 2 aliphatic heterocycles. The molecule has 0 aromatic heterocycles. The van der Waals surface area contributed by atoms with Crippen LogP contribution in [-0.4, -0.2) is 40.5 Å². The van der Waals surface area contributed by atoms with Gasteiger partial charge < -0.3 is 19.3 Å². The van der Waals surface area contributed by atoms with Gasteiger partial charge in [0.15, 0.2) is 0 Å². The predicted molar refractivity (Wildman–Crippen MR) is 179 cm³/mol. The number of aliphatic hydroxyl groups is 1. The summed E-state index contributed by atoms with van der Waals surface area (Å²) in [5.41, 5.74) is 3.92. The molecule has 4 rings (SSSR count). The number of epoxide rings is 1. The fourth-order valence-electron chi connectivity index (χ4n) is 7.43. The Labute approximate surface area is 269 Å². The fraction of sp³-hybridized carbons (Fsp3) is 0.487. The van der Waals surface area contributed by atoms with Gasteiger partial charge >= 0.3 is 11.9 Å². The Morgan fingerprint density at radius 1 is 0.956 bits per heavy atom. The molecule has 6 heteroatoms. The summed E-state index contributed by atoms with van der Waals surface area (Å²) in [7, 11) is 0. The van der Waals surface area contributed by atoms with Gasteiger partial charge in [0.2, 0.25) is 0 Å². The molecule has 2 aliphatic carbocycles. The molecule has 6 nitrogen and oxygen atoms in total. The molecule has 242 valence electrons. The summed E-state index contributed by atoms with van der Waals surface area (Å²) in [6.07, 6.45) is 26.0. The highest BCUT2D eigenvalue weighted by molar-refractivity contribution is 5.95. The van der Waals surface area contributed by atoms with Gasteiger partial charge in [-0.2, -0.15) is 0 Å². The highest BCUT2D eigenvalue weighted by Crippen LogP contribution is 2.66. The van der Waals surface area contributed by atoms with E-state index in [0.717, 1.165) is 24.0 Å². The fourth-order valence-corrected chi connectivity index (χ4v) is 7.43. The minimum atomic E-state index is -0.495. The molecule has 4 aliphatic rings. The number of rotatable bonds is 9. The van der Waals surface area contributed by atoms with Crippen molar-refractivity contribution in [3.05, 3.63) is 107 Å². The predicted octanol–water partition coefficient (Wildman–Crippen LogP) is 8.25. The third kappa shape index (κ3) is 7.85. The molecular weight excluding hydrogens is 564 g/mol. The quantitative estimate of drug-likeness (QED) is 0.160. The summed E-state index contributed by atoms with van der Waals surface area (Å²) in [5, 5.41) is 10.3. The van der Waals surface area contributed by atoms with E-state index >= 15 is 0 Å². The number of aliphatic hydroxyl groups excluding tert-OH is 1. The van der Waals surface area contributed by atoms with E-state index in [1.807, 2.05) is 56.4 Å². The van der Waals surface area contributed by atoms with Crippen molar-refractivity contribution in [2.45, 2.75) is 111 Å². The van der Waals surface area contributed by atoms with Gasteiger partial charge in [-0.3, -0.25) is 4.79 Å². The van der Waals surface area contributed by atoms with Gasteiger partial charge in [-0.1, -0.05) is 87.4 Å². The molecule has 0 bridgehead atoms. The third-order valence-corrected chi connectivity index (χ3v) is 9.48. The Bertz CT molecular complexity index is 1490. The number of fused-ring (bicyclic) bond motifs is 1. The van der Waals surface area contributed by atoms with Crippen molar-refractivity contribution in [1.29, 1.82) is 0 Å². The number of ether oxygens (including phenoxy) is 3. The monoisotopic (exact) mass is 614 g/mol. The number of esters is 2. The molecule has 1 N–H and O–H groups in total. The maximum absolute atomic E-state index is 12.5. The second-order valence-electron chi connectivity index (χ2n) is 14.5. The Kier molecular flexibility index (Phi) is 10.0. The molecule has 0 aromatic carbocycles. The molecule has 0 spiro atoms. The number of allylic oxidation sites excluding steroid dienone is 13. The summed E-state index contributed by atoms with van der Waals surface area (Å²) in [6.45, 7) is 18.3. The van der Waals surface area contributed by atoms with Crippen LogP contribution in [0.1, 0.15) is 88.0 Å². The van der Waals surface area contributed by atoms with Crippen molar-refractivity contribution in [3.8, 4) is 0 Å². The van der Waals surface area contributed by atoms with E-state index in [1.165, 1.54) is 18.1 Å². The van der Waals surface area contributed by atoms with Crippen LogP contribution in [0.4, 0.5) is 0 Å². The van der Waals surface area contributed by atoms with Gasteiger partial charge in [-0.25, -0.2) is 4.79 Å². The molecule has 1 saturated carbocycles. The maximum Gasteiger partial charge on any atom is 0.343 e. The highest BCUT2D eigenvalue weighted by atomic mass is 16.6. The molecule has 0 radical (unpaired) electrons. The molecule has 2 fully saturated rings. The molecule has 0 aromatic rings. The average Bonchev–Trinajstić information content (AvgIpc) is 3.37. The van der Waals surface area contributed by atoms with Gasteiger partial charge in [0.05, 0.1) is 11.7 Å². The van der Waals surface area contributed by atoms with Crippen LogP contribution >= 0.6 is 0 Å². The van der Waals surface area contributed by atoms with Crippen molar-refractivity contribution < 1.29 is 28.9 Å². The second-order valence-corrected chi connectivity index (χ2v) is 14.5. The first kappa shape index (κ1) is 34.4. The highest BCUT2D eigenvalue weighted by Gasteiger charge is 2.74. The minimum Gasteiger partial charge on any atom is -0.462 e. The van der Waals surface area contributed by atoms with E-state index in [4.69, 9.17) is 14.2 Å². The third-order valence-electron chi connectivity index (χ3n) is 9.48. The minimum absolute atomic E-state index is 0.0558. The lowest BCUT2D eigenvalue weighted by Crippen LogP contribution is -2.46. The largest absolute Gasteiger partial charge is 0.462 e. The normalized spacial score (nSPS) is 32.6. The van der Waals surface area contributed by atoms with Crippen LogP contribution < -0.4 is 0 Å². The van der Waals surface area contributed by atoms with Crippen LogP contribution in [0.2, 0.25) is 0 Å². The zero-order chi connectivity index (χ0) is 33.2. The van der Waals surface area contributed by atoms with Crippen molar-refractivity contribution >= 4 is 11.9 Å². The number of carbonyl (C=O) groups excluding carboxylic acids is 2. The van der Waals surface area contributed by atoms with Gasteiger partial charge in [-0.15, -0.1) is 0 Å². The number of carbonyl (C=O) groups is 2. The number of hydrogen-bond donors (Lipinski definition) is 1. The van der Waals surface area contributed by atoms with Crippen LogP contribution in [0.5, 0.6) is 0 Å². The zero-order valence-electron chi connectivity index (χ0n) is 28.4. The van der Waals surface area contributed by atoms with Crippen LogP contribution in [0.25, 0.3) is 0 Å². The van der Waals surface area contributed by atoms with E-state index in [1.54, 1.807) is 12.2 Å². The smallest absolute Gasteiger partial charge is 0.343 e. The lowest BCUT2D eigenvalue weighted by atomic mass is 9.63. The summed E-state index contributed by atoms with van der Waals surface area (Å²) < 4.78 is 17.2. The Balaban J connectivity index is 1.32. The first-order chi connectivity index (χ1) is 21.0. The van der Waals surface area contributed by atoms with Gasteiger partial charge in [0.1, 0.15) is 23.1 Å². The number of hydrogen-bond acceptors (Lipinski definition) is 6. The molecule has 0 unspecified atom stereocenters. The van der Waals surface area contributed by atoms with E-state index in [9.17, 15) is 14.7 Å². The zero-order valence-corrected chi connectivity index (χ0v) is 28.4. The average molecular weight is 615 g/mol. The standard InChI is InChI=1S/C39H50O6/c1-26(16-17-34-28(3)21-33(43-29(4)40)25-36(34,5)6)14-12-10-11-13-15-27(2)20-32-22-30(35(42)44-32)18-19-39-37(7,8)23-31(41)24-38(39,9)45-39/h10-20,22,31,33,41H,21,23-25H2,1-9H3/b12-10+,13-11+,17-16+,19-18+,26-14+,27-15+,32-20+/t31-,33+,38+,39-/m0/s1. The summed E-state index contributed by atoms with van der Waals surface area (Å²) in [6, 6.07) is 0. The first-order valence-corrected chi connectivity index (χ1v) is 15.9. The van der Waals surface area contributed by atoms with Crippen LogP contribution in [0.15, 0.2) is 107 Å². The summed E-state index contributed by atoms with van der Waals surface area (Å²) >= 11 is 0. The Morgan fingerprint density at radius 2 is 1.62 bits per heavy atom. The van der Waals surface area contributed by atoms with Crippen molar-refractivity contribution in [2.75, 3.05) is 0 Å². The maximum atomic E-state index is 12.5. The van der Waals surface area contributed by atoms with Crippen LogP contribution in [0, 0.1) is 10.8 Å². The molecule has 4 atom stereocenters. The second kappa shape index (κ2) is 13.1. The van der Waals surface area contributed by atoms with E-state index in [-0.39, 0.29) is 35.0 Å². The van der Waals surface area contributed by atoms with Crippen LogP contribution in [0.3, 0.4) is 0 Å². The lowest BCUT2D eigenvalue weighted by molar-refractivity contribution is -0.147. The van der Waals surface area contributed by atoms with Gasteiger partial charge in [0, 0.05) is 25.2 Å². The van der Waals surface area contributed by atoms with Crippen molar-refractivity contribution in [2.24, 2.45) is 10.8 Å². The van der Waals surface area contributed by atoms with Crippen LogP contribution in [-0.2, 0) is 23.8 Å². The van der Waals surface area contributed by atoms with Crippen molar-refractivity contribution in [1.82, 2.24) is 0 Å². The topological polar surface area (TPSA) is 85.4 Å². The SMILES string of the molecule is CC(=O)O[C@@H]1CC(C)=C(/C=C/C(C)=C/C=C/C=C/C=C(C)/C=C2C=C(/C=C/[C@@]34O[C@]3(C)C[C@@H](O)CC4(C)C)C(=O)O\2)C(C)(C)C1. The lowest BCUT2D eigenvalue weighted by Gasteiger charge is -2.39. The Morgan fingerprint density at radius 3 is 2.24 bits per heavy atom. The summed E-state index contributed by atoms with van der Waals surface area (Å²) in [5.74, 6) is -0.0916. The molecule has 45 heavy (non-hydrogen) atoms. The van der Waals surface area contributed by atoms with E-state index in [2.05, 4.69) is 59.8 Å². The Hall–Kier alpha value is -3.48. The van der Waals surface area contributed by atoms with E-state index < -0.39 is 11.2 Å². The van der Waals surface area contributed by atoms with Crippen molar-refractivity contribution in [3.63, 3.8) is 0 Å². The first-order valence-electron chi connectivity index (χ1n) is 15.9. The molecular formula is C39H50O6. The van der Waals surface area contributed by atoms with Gasteiger partial charge in [-0.05, 0) is 81.4 Å². The molecule has 1 saturated heterocycles.